The first-order valence-corrected chi connectivity index (χ1v) is 14.7. The van der Waals surface area contributed by atoms with Gasteiger partial charge in [-0.05, 0) is 49.5 Å². The van der Waals surface area contributed by atoms with E-state index in [9.17, 15) is 17.8 Å². The average molecular weight is 584 g/mol. The second-order valence-corrected chi connectivity index (χ2v) is 11.9. The van der Waals surface area contributed by atoms with E-state index in [2.05, 4.69) is 15.1 Å². The van der Waals surface area contributed by atoms with Gasteiger partial charge in [0.1, 0.15) is 11.5 Å². The van der Waals surface area contributed by atoms with Crippen LogP contribution in [0.25, 0.3) is 0 Å². The molecule has 218 valence electrons. The van der Waals surface area contributed by atoms with Gasteiger partial charge in [0.2, 0.25) is 5.95 Å². The third-order valence-corrected chi connectivity index (χ3v) is 9.43. The topological polar surface area (TPSA) is 133 Å². The normalized spacial score (nSPS) is 21.6. The molecule has 3 aromatic rings. The lowest BCUT2D eigenvalue weighted by Gasteiger charge is -2.46. The maximum absolute atomic E-state index is 14.1. The number of ketones is 1. The van der Waals surface area contributed by atoms with E-state index in [1.54, 1.807) is 30.2 Å². The Kier molecular flexibility index (Phi) is 9.13. The average Bonchev–Trinajstić information content (AvgIpc) is 3.42. The number of allylic oxidation sites excluding steroid dienone is 3. The van der Waals surface area contributed by atoms with Gasteiger partial charge in [-0.2, -0.15) is 9.49 Å². The molecule has 3 aromatic heterocycles. The first-order chi connectivity index (χ1) is 19.6. The van der Waals surface area contributed by atoms with Crippen molar-refractivity contribution in [1.29, 1.82) is 0 Å². The van der Waals surface area contributed by atoms with Crippen molar-refractivity contribution in [2.75, 3.05) is 5.01 Å². The van der Waals surface area contributed by atoms with Crippen molar-refractivity contribution in [1.82, 2.24) is 19.7 Å². The Morgan fingerprint density at radius 3 is 2.61 bits per heavy atom. The molecule has 4 atom stereocenters. The number of pyridine rings is 2. The molecular weight excluding hydrogens is 548 g/mol. The summed E-state index contributed by atoms with van der Waals surface area (Å²) in [5.74, 6) is 4.72. The van der Waals surface area contributed by atoms with Crippen LogP contribution >= 0.6 is 0 Å². The number of carbonyl (C=O) groups excluding carboxylic acids is 1. The summed E-state index contributed by atoms with van der Waals surface area (Å²) in [7, 11) is 0.419. The number of fused-ring (bicyclic) bond motifs is 1. The van der Waals surface area contributed by atoms with E-state index < -0.39 is 28.0 Å². The third kappa shape index (κ3) is 5.98. The minimum absolute atomic E-state index is 0.00572. The number of nitrogens with zero attached hydrogens (tertiary/aromatic N) is 5. The minimum Gasteiger partial charge on any atom is -0.400 e. The van der Waals surface area contributed by atoms with E-state index in [1.807, 2.05) is 20.8 Å². The summed E-state index contributed by atoms with van der Waals surface area (Å²) < 4.78 is 42.5. The summed E-state index contributed by atoms with van der Waals surface area (Å²) in [6.07, 6.45) is 9.35. The molecule has 0 saturated heterocycles. The number of Topliss-reactive ketones (excluding diaryl/α,β-unsaturated/α-hetero) is 1. The number of anilines is 1. The molecule has 1 fully saturated rings. The van der Waals surface area contributed by atoms with Crippen LogP contribution in [-0.4, -0.2) is 35.0 Å². The number of rotatable bonds is 7. The number of hydrogen-bond donors (Lipinski definition) is 2. The standard InChI is InChI=1S/C27H29F2N7O2S.C2H6/c1-16(39(38)21-14-34-35(2)15-21)17-3-4-18-9-24(36(31)20-5-6-25(29)33-13-20)22(30)12-27(18,11-17)26(37)23-10-19(28)7-8-32-23;1-2/h5-10,13-17H,3-4,11-12,30-31H2,1-2H3;1-2H3. The molecule has 5 rings (SSSR count). The van der Waals surface area contributed by atoms with Gasteiger partial charge in [0.25, 0.3) is 0 Å². The number of aryl methyl sites for hydroxylation is 1. The van der Waals surface area contributed by atoms with Crippen LogP contribution in [0.3, 0.4) is 0 Å². The SMILES string of the molecule is CC.CC(C1CCC2=CC(N(N)c3ccc(F)nc3)=C(N)CC2(C(=O)c2cc(F)ccn2)C1)S(=O)c1cnn(C)c1. The first kappa shape index (κ1) is 30.2. The van der Waals surface area contributed by atoms with Crippen molar-refractivity contribution in [3.05, 3.63) is 89.6 Å². The van der Waals surface area contributed by atoms with Crippen LogP contribution in [0, 0.1) is 23.1 Å². The van der Waals surface area contributed by atoms with Crippen LogP contribution < -0.4 is 16.6 Å². The van der Waals surface area contributed by atoms with Crippen LogP contribution in [0.4, 0.5) is 14.5 Å². The predicted molar refractivity (Wildman–Crippen MR) is 154 cm³/mol. The molecule has 4 unspecified atom stereocenters. The highest BCUT2D eigenvalue weighted by Crippen LogP contribution is 2.53. The molecule has 41 heavy (non-hydrogen) atoms. The molecule has 0 spiro atoms. The molecule has 1 saturated carbocycles. The number of nitrogens with two attached hydrogens (primary N) is 2. The maximum atomic E-state index is 14.1. The molecule has 9 nitrogen and oxygen atoms in total. The Hall–Kier alpha value is -3.77. The first-order valence-electron chi connectivity index (χ1n) is 13.5. The van der Waals surface area contributed by atoms with Gasteiger partial charge in [-0.15, -0.1) is 0 Å². The molecule has 0 aliphatic heterocycles. The summed E-state index contributed by atoms with van der Waals surface area (Å²) >= 11 is 0. The van der Waals surface area contributed by atoms with Gasteiger partial charge in [-0.1, -0.05) is 26.3 Å². The highest BCUT2D eigenvalue weighted by atomic mass is 32.2. The fourth-order valence-corrected chi connectivity index (χ4v) is 7.01. The van der Waals surface area contributed by atoms with Gasteiger partial charge in [0.15, 0.2) is 5.78 Å². The van der Waals surface area contributed by atoms with Crippen molar-refractivity contribution >= 4 is 22.3 Å². The predicted octanol–water partition coefficient (Wildman–Crippen LogP) is 4.56. The number of hydrogen-bond acceptors (Lipinski definition) is 8. The largest absolute Gasteiger partial charge is 0.400 e. The van der Waals surface area contributed by atoms with E-state index in [0.717, 1.165) is 11.6 Å². The lowest BCUT2D eigenvalue weighted by atomic mass is 9.59. The molecule has 12 heteroatoms. The van der Waals surface area contributed by atoms with Crippen LogP contribution in [-0.2, 0) is 17.8 Å². The smallest absolute Gasteiger partial charge is 0.212 e. The van der Waals surface area contributed by atoms with Crippen LogP contribution in [0.15, 0.2) is 77.0 Å². The maximum Gasteiger partial charge on any atom is 0.212 e. The number of carbonyl (C=O) groups is 1. The van der Waals surface area contributed by atoms with Gasteiger partial charge >= 0.3 is 0 Å². The summed E-state index contributed by atoms with van der Waals surface area (Å²) in [6, 6.07) is 4.99. The fraction of sp³-hybridized carbons (Fsp3) is 0.379. The van der Waals surface area contributed by atoms with Gasteiger partial charge in [-0.25, -0.2) is 15.2 Å². The van der Waals surface area contributed by atoms with Crippen molar-refractivity contribution in [2.45, 2.75) is 56.6 Å². The van der Waals surface area contributed by atoms with E-state index in [4.69, 9.17) is 11.6 Å². The quantitative estimate of drug-likeness (QED) is 0.179. The molecule has 2 aliphatic rings. The van der Waals surface area contributed by atoms with Crippen molar-refractivity contribution in [2.24, 2.45) is 30.0 Å². The van der Waals surface area contributed by atoms with Crippen LogP contribution in [0.2, 0.25) is 0 Å². The minimum atomic E-state index is -1.35. The molecule has 4 N–H and O–H groups in total. The molecule has 0 amide bonds. The van der Waals surface area contributed by atoms with Crippen molar-refractivity contribution in [3.8, 4) is 0 Å². The zero-order valence-corrected chi connectivity index (χ0v) is 24.4. The fourth-order valence-electron chi connectivity index (χ4n) is 5.59. The van der Waals surface area contributed by atoms with Crippen LogP contribution in [0.1, 0.15) is 56.9 Å². The van der Waals surface area contributed by atoms with Gasteiger partial charge < -0.3 is 5.73 Å². The highest BCUT2D eigenvalue weighted by Gasteiger charge is 2.50. The molecule has 2 aliphatic carbocycles. The number of aromatic nitrogens is 4. The van der Waals surface area contributed by atoms with E-state index in [-0.39, 0.29) is 29.1 Å². The van der Waals surface area contributed by atoms with E-state index in [0.29, 0.717) is 41.2 Å². The lowest BCUT2D eigenvalue weighted by molar-refractivity contribution is 0.0749. The number of halogens is 2. The monoisotopic (exact) mass is 583 g/mol. The Labute approximate surface area is 240 Å². The Morgan fingerprint density at radius 1 is 1.22 bits per heavy atom. The Bertz CT molecular complexity index is 1500. The summed E-state index contributed by atoms with van der Waals surface area (Å²) in [5, 5.41) is 5.18. The van der Waals surface area contributed by atoms with E-state index in [1.165, 1.54) is 35.6 Å². The zero-order chi connectivity index (χ0) is 29.9. The highest BCUT2D eigenvalue weighted by molar-refractivity contribution is 7.85. The molecule has 3 heterocycles. The third-order valence-electron chi connectivity index (χ3n) is 7.70. The molecular formula is C29H35F2N7O2S. The van der Waals surface area contributed by atoms with E-state index >= 15 is 0 Å². The second kappa shape index (κ2) is 12.4. The van der Waals surface area contributed by atoms with Gasteiger partial charge in [0.05, 0.1) is 44.9 Å². The Balaban J connectivity index is 0.00000189. The molecule has 0 radical (unpaired) electrons. The lowest BCUT2D eigenvalue weighted by Crippen LogP contribution is -2.46. The molecule has 0 aromatic carbocycles. The second-order valence-electron chi connectivity index (χ2n) is 10.1. The Morgan fingerprint density at radius 2 is 1.98 bits per heavy atom. The molecule has 0 bridgehead atoms. The zero-order valence-electron chi connectivity index (χ0n) is 23.6. The van der Waals surface area contributed by atoms with Crippen molar-refractivity contribution in [3.63, 3.8) is 0 Å². The number of hydrazine groups is 1. The summed E-state index contributed by atoms with van der Waals surface area (Å²) in [4.78, 5) is 22.6. The van der Waals surface area contributed by atoms with Gasteiger partial charge in [-0.3, -0.25) is 23.7 Å². The van der Waals surface area contributed by atoms with Crippen LogP contribution in [0.5, 0.6) is 0 Å². The van der Waals surface area contributed by atoms with Gasteiger partial charge in [0, 0.05) is 42.9 Å². The van der Waals surface area contributed by atoms with Crippen molar-refractivity contribution < 1.29 is 17.8 Å². The summed E-state index contributed by atoms with van der Waals surface area (Å²) in [6.45, 7) is 5.91. The summed E-state index contributed by atoms with van der Waals surface area (Å²) in [5.41, 5.74) is 7.50.